The third kappa shape index (κ3) is 5.61. The van der Waals surface area contributed by atoms with Gasteiger partial charge in [-0.05, 0) is 37.1 Å². The van der Waals surface area contributed by atoms with E-state index in [9.17, 15) is 13.2 Å². The van der Waals surface area contributed by atoms with E-state index >= 15 is 0 Å². The summed E-state index contributed by atoms with van der Waals surface area (Å²) in [5.74, 6) is 0. The minimum Gasteiger partial charge on any atom is -0.383 e. The first kappa shape index (κ1) is 16.0. The lowest BCUT2D eigenvalue weighted by atomic mass is 10.0. The van der Waals surface area contributed by atoms with Crippen LogP contribution < -0.4 is 5.32 Å². The van der Waals surface area contributed by atoms with Crippen molar-refractivity contribution in [3.8, 4) is 0 Å². The monoisotopic (exact) mass is 275 g/mol. The topological polar surface area (TPSA) is 21.3 Å². The van der Waals surface area contributed by atoms with E-state index < -0.39 is 11.7 Å². The molecule has 0 radical (unpaired) electrons. The van der Waals surface area contributed by atoms with Crippen molar-refractivity contribution in [2.45, 2.75) is 32.0 Å². The Bertz CT molecular complexity index is 362. The van der Waals surface area contributed by atoms with Crippen LogP contribution in [-0.2, 0) is 17.3 Å². The van der Waals surface area contributed by atoms with Gasteiger partial charge in [0.1, 0.15) is 0 Å². The Morgan fingerprint density at radius 3 is 2.32 bits per heavy atom. The summed E-state index contributed by atoms with van der Waals surface area (Å²) in [5, 5.41) is 3.32. The van der Waals surface area contributed by atoms with E-state index in [1.165, 1.54) is 12.1 Å². The van der Waals surface area contributed by atoms with Gasteiger partial charge in [0.15, 0.2) is 0 Å². The fourth-order valence-electron chi connectivity index (χ4n) is 1.85. The molecular formula is C14H20F3NO. The molecule has 0 aliphatic carbocycles. The first-order chi connectivity index (χ1) is 8.97. The fourth-order valence-corrected chi connectivity index (χ4v) is 1.85. The van der Waals surface area contributed by atoms with Crippen LogP contribution in [0, 0.1) is 0 Å². The van der Waals surface area contributed by atoms with E-state index in [4.69, 9.17) is 4.74 Å². The van der Waals surface area contributed by atoms with Gasteiger partial charge < -0.3 is 10.1 Å². The first-order valence-corrected chi connectivity index (χ1v) is 6.35. The van der Waals surface area contributed by atoms with Crippen LogP contribution in [0.15, 0.2) is 24.3 Å². The van der Waals surface area contributed by atoms with Crippen LogP contribution >= 0.6 is 0 Å². The van der Waals surface area contributed by atoms with Crippen LogP contribution in [0.4, 0.5) is 13.2 Å². The minimum atomic E-state index is -4.27. The van der Waals surface area contributed by atoms with Crippen molar-refractivity contribution in [1.82, 2.24) is 5.32 Å². The molecule has 0 bridgehead atoms. The number of halogens is 3. The summed E-state index contributed by atoms with van der Waals surface area (Å²) < 4.78 is 42.4. The molecule has 0 fully saturated rings. The minimum absolute atomic E-state index is 0.127. The number of nitrogens with one attached hydrogen (secondary N) is 1. The molecule has 0 saturated heterocycles. The van der Waals surface area contributed by atoms with E-state index in [-0.39, 0.29) is 6.04 Å². The standard InChI is InChI=1S/C14H20F3NO/c1-3-8-18-13(10-19-2)9-11-4-6-12(7-5-11)14(15,16)17/h4-7,13,18H,3,8-10H2,1-2H3. The molecule has 1 rings (SSSR count). The summed E-state index contributed by atoms with van der Waals surface area (Å²) in [6.45, 7) is 3.48. The normalized spacial score (nSPS) is 13.5. The third-order valence-electron chi connectivity index (χ3n) is 2.81. The molecule has 108 valence electrons. The molecule has 1 aromatic rings. The Kier molecular flexibility index (Phi) is 6.31. The van der Waals surface area contributed by atoms with Crippen molar-refractivity contribution in [1.29, 1.82) is 0 Å². The molecule has 1 aromatic carbocycles. The van der Waals surface area contributed by atoms with Gasteiger partial charge in [-0.1, -0.05) is 19.1 Å². The summed E-state index contributed by atoms with van der Waals surface area (Å²) in [4.78, 5) is 0. The van der Waals surface area contributed by atoms with Crippen LogP contribution in [0.25, 0.3) is 0 Å². The summed E-state index contributed by atoms with van der Waals surface area (Å²) >= 11 is 0. The largest absolute Gasteiger partial charge is 0.416 e. The van der Waals surface area contributed by atoms with E-state index in [2.05, 4.69) is 12.2 Å². The molecule has 1 unspecified atom stereocenters. The molecule has 5 heteroatoms. The summed E-state index contributed by atoms with van der Waals surface area (Å²) in [7, 11) is 1.62. The SMILES string of the molecule is CCCNC(COC)Cc1ccc(C(F)(F)F)cc1. The van der Waals surface area contributed by atoms with Gasteiger partial charge in [0.25, 0.3) is 0 Å². The second-order valence-corrected chi connectivity index (χ2v) is 4.51. The number of rotatable bonds is 7. The van der Waals surface area contributed by atoms with Gasteiger partial charge in [0, 0.05) is 13.2 Å². The maximum absolute atomic E-state index is 12.4. The zero-order valence-corrected chi connectivity index (χ0v) is 11.3. The number of alkyl halides is 3. The summed E-state index contributed by atoms with van der Waals surface area (Å²) in [6.07, 6.45) is -2.61. The predicted molar refractivity (Wildman–Crippen MR) is 69.1 cm³/mol. The van der Waals surface area contributed by atoms with Crippen LogP contribution in [0.1, 0.15) is 24.5 Å². The highest BCUT2D eigenvalue weighted by molar-refractivity contribution is 5.25. The molecule has 0 aliphatic heterocycles. The zero-order chi connectivity index (χ0) is 14.3. The molecule has 2 nitrogen and oxygen atoms in total. The number of hydrogen-bond donors (Lipinski definition) is 1. The lowest BCUT2D eigenvalue weighted by Crippen LogP contribution is -2.35. The Morgan fingerprint density at radius 2 is 1.84 bits per heavy atom. The van der Waals surface area contributed by atoms with Crippen LogP contribution in [-0.4, -0.2) is 26.3 Å². The quantitative estimate of drug-likeness (QED) is 0.824. The van der Waals surface area contributed by atoms with Crippen molar-refractivity contribution in [2.75, 3.05) is 20.3 Å². The van der Waals surface area contributed by atoms with E-state index in [0.29, 0.717) is 13.0 Å². The molecule has 0 saturated carbocycles. The molecule has 0 spiro atoms. The van der Waals surface area contributed by atoms with Gasteiger partial charge >= 0.3 is 6.18 Å². The Morgan fingerprint density at radius 1 is 1.21 bits per heavy atom. The van der Waals surface area contributed by atoms with Gasteiger partial charge in [-0.3, -0.25) is 0 Å². The second-order valence-electron chi connectivity index (χ2n) is 4.51. The highest BCUT2D eigenvalue weighted by Gasteiger charge is 2.29. The second kappa shape index (κ2) is 7.50. The van der Waals surface area contributed by atoms with E-state index in [0.717, 1.165) is 30.7 Å². The van der Waals surface area contributed by atoms with Crippen molar-refractivity contribution in [3.63, 3.8) is 0 Å². The number of ether oxygens (including phenoxy) is 1. The Labute approximate surface area is 112 Å². The molecule has 0 heterocycles. The molecule has 1 atom stereocenters. The van der Waals surface area contributed by atoms with Crippen molar-refractivity contribution >= 4 is 0 Å². The van der Waals surface area contributed by atoms with Crippen molar-refractivity contribution in [3.05, 3.63) is 35.4 Å². The van der Waals surface area contributed by atoms with Crippen molar-refractivity contribution < 1.29 is 17.9 Å². The number of methoxy groups -OCH3 is 1. The first-order valence-electron chi connectivity index (χ1n) is 6.35. The van der Waals surface area contributed by atoms with Crippen LogP contribution in [0.3, 0.4) is 0 Å². The summed E-state index contributed by atoms with van der Waals surface area (Å²) in [5.41, 5.74) is 0.264. The molecule has 0 amide bonds. The number of benzene rings is 1. The lowest BCUT2D eigenvalue weighted by Gasteiger charge is -2.18. The maximum atomic E-state index is 12.4. The van der Waals surface area contributed by atoms with E-state index in [1.54, 1.807) is 7.11 Å². The molecule has 0 aromatic heterocycles. The van der Waals surface area contributed by atoms with Gasteiger partial charge in [0.2, 0.25) is 0 Å². The molecule has 19 heavy (non-hydrogen) atoms. The molecule has 0 aliphatic rings. The Hall–Kier alpha value is -1.07. The van der Waals surface area contributed by atoms with Gasteiger partial charge in [-0.2, -0.15) is 13.2 Å². The molecular weight excluding hydrogens is 255 g/mol. The van der Waals surface area contributed by atoms with Gasteiger partial charge in [0.05, 0.1) is 12.2 Å². The smallest absolute Gasteiger partial charge is 0.383 e. The maximum Gasteiger partial charge on any atom is 0.416 e. The Balaban J connectivity index is 2.64. The average molecular weight is 275 g/mol. The highest BCUT2D eigenvalue weighted by atomic mass is 19.4. The zero-order valence-electron chi connectivity index (χ0n) is 11.3. The average Bonchev–Trinajstić information content (AvgIpc) is 2.36. The number of hydrogen-bond acceptors (Lipinski definition) is 2. The molecule has 1 N–H and O–H groups in total. The van der Waals surface area contributed by atoms with E-state index in [1.807, 2.05) is 0 Å². The fraction of sp³-hybridized carbons (Fsp3) is 0.571. The van der Waals surface area contributed by atoms with Crippen LogP contribution in [0.5, 0.6) is 0 Å². The third-order valence-corrected chi connectivity index (χ3v) is 2.81. The van der Waals surface area contributed by atoms with Gasteiger partial charge in [-0.15, -0.1) is 0 Å². The highest BCUT2D eigenvalue weighted by Crippen LogP contribution is 2.29. The summed E-state index contributed by atoms with van der Waals surface area (Å²) in [6, 6.07) is 5.43. The predicted octanol–water partition coefficient (Wildman–Crippen LogP) is 3.26. The van der Waals surface area contributed by atoms with Crippen molar-refractivity contribution in [2.24, 2.45) is 0 Å². The lowest BCUT2D eigenvalue weighted by molar-refractivity contribution is -0.137. The van der Waals surface area contributed by atoms with Crippen LogP contribution in [0.2, 0.25) is 0 Å². The van der Waals surface area contributed by atoms with Gasteiger partial charge in [-0.25, -0.2) is 0 Å².